The molecule has 19 heavy (non-hydrogen) atoms. The van der Waals surface area contributed by atoms with E-state index in [0.717, 1.165) is 6.07 Å². The van der Waals surface area contributed by atoms with Crippen LogP contribution >= 0.6 is 34.2 Å². The second-order valence-corrected chi connectivity index (χ2v) is 4.48. The molecule has 0 aliphatic rings. The van der Waals surface area contributed by atoms with Crippen LogP contribution in [0.15, 0.2) is 6.07 Å². The SMILES string of the molecule is CCOC(=O)c1cc(CCl)c(OC(F)(F)F)c(I)n1. The van der Waals surface area contributed by atoms with E-state index >= 15 is 0 Å². The number of nitrogens with zero attached hydrogens (tertiary/aromatic N) is 1. The van der Waals surface area contributed by atoms with Gasteiger partial charge in [-0.25, -0.2) is 9.78 Å². The fourth-order valence-corrected chi connectivity index (χ4v) is 2.10. The van der Waals surface area contributed by atoms with Crippen LogP contribution in [0.25, 0.3) is 0 Å². The molecule has 106 valence electrons. The summed E-state index contributed by atoms with van der Waals surface area (Å²) >= 11 is 7.09. The number of rotatable bonds is 4. The zero-order chi connectivity index (χ0) is 14.6. The normalized spacial score (nSPS) is 11.3. The standard InChI is InChI=1S/C10H8ClF3INO3/c1-2-18-9(17)6-3-5(4-11)7(8(15)16-6)19-10(12,13)14/h3H,2,4H2,1H3. The highest BCUT2D eigenvalue weighted by Gasteiger charge is 2.34. The van der Waals surface area contributed by atoms with E-state index in [2.05, 4.69) is 9.72 Å². The molecule has 0 aliphatic heterocycles. The Labute approximate surface area is 125 Å². The monoisotopic (exact) mass is 409 g/mol. The maximum atomic E-state index is 12.2. The number of pyridine rings is 1. The maximum absolute atomic E-state index is 12.2. The topological polar surface area (TPSA) is 48.4 Å². The van der Waals surface area contributed by atoms with E-state index in [4.69, 9.17) is 16.3 Å². The van der Waals surface area contributed by atoms with Gasteiger partial charge in [0.25, 0.3) is 0 Å². The van der Waals surface area contributed by atoms with Gasteiger partial charge in [-0.1, -0.05) is 0 Å². The molecule has 1 aromatic rings. The molecule has 4 nitrogen and oxygen atoms in total. The molecule has 0 atom stereocenters. The van der Waals surface area contributed by atoms with Gasteiger partial charge in [0.05, 0.1) is 12.5 Å². The lowest BCUT2D eigenvalue weighted by molar-refractivity contribution is -0.275. The lowest BCUT2D eigenvalue weighted by Gasteiger charge is -2.14. The molecule has 1 heterocycles. The van der Waals surface area contributed by atoms with Crippen LogP contribution < -0.4 is 4.74 Å². The summed E-state index contributed by atoms with van der Waals surface area (Å²) in [6.45, 7) is 1.74. The Balaban J connectivity index is 3.18. The highest BCUT2D eigenvalue weighted by molar-refractivity contribution is 14.1. The minimum Gasteiger partial charge on any atom is -0.461 e. The Hall–Kier alpha value is -0.770. The van der Waals surface area contributed by atoms with E-state index < -0.39 is 18.1 Å². The first-order valence-electron chi connectivity index (χ1n) is 4.96. The highest BCUT2D eigenvalue weighted by Crippen LogP contribution is 2.31. The lowest BCUT2D eigenvalue weighted by atomic mass is 10.2. The summed E-state index contributed by atoms with van der Waals surface area (Å²) in [5, 5.41) is 0. The van der Waals surface area contributed by atoms with Crippen LogP contribution in [0.2, 0.25) is 0 Å². The van der Waals surface area contributed by atoms with E-state index in [0.29, 0.717) is 0 Å². The Bertz CT molecular complexity index is 482. The van der Waals surface area contributed by atoms with Crippen molar-refractivity contribution in [3.63, 3.8) is 0 Å². The third kappa shape index (κ3) is 4.68. The van der Waals surface area contributed by atoms with Gasteiger partial charge in [0.2, 0.25) is 0 Å². The van der Waals surface area contributed by atoms with Gasteiger partial charge < -0.3 is 9.47 Å². The van der Waals surface area contributed by atoms with E-state index in [9.17, 15) is 18.0 Å². The molecule has 9 heteroatoms. The minimum absolute atomic E-state index is 0.0152. The third-order valence-corrected chi connectivity index (χ3v) is 2.87. The number of hydrogen-bond donors (Lipinski definition) is 0. The van der Waals surface area contributed by atoms with E-state index in [-0.39, 0.29) is 27.4 Å². The molecule has 0 saturated carbocycles. The first-order valence-corrected chi connectivity index (χ1v) is 6.58. The van der Waals surface area contributed by atoms with Crippen LogP contribution in [0.1, 0.15) is 23.0 Å². The zero-order valence-corrected chi connectivity index (χ0v) is 12.5. The lowest BCUT2D eigenvalue weighted by Crippen LogP contribution is -2.20. The summed E-state index contributed by atoms with van der Waals surface area (Å²) in [5.74, 6) is -1.49. The molecular formula is C10H8ClF3INO3. The highest BCUT2D eigenvalue weighted by atomic mass is 127. The average Bonchev–Trinajstić information content (AvgIpc) is 2.30. The van der Waals surface area contributed by atoms with E-state index in [1.807, 2.05) is 0 Å². The van der Waals surface area contributed by atoms with Crippen molar-refractivity contribution in [2.75, 3.05) is 6.61 Å². The average molecular weight is 410 g/mol. The molecule has 0 fully saturated rings. The fourth-order valence-electron chi connectivity index (χ4n) is 1.18. The molecule has 0 unspecified atom stereocenters. The van der Waals surface area contributed by atoms with Crippen LogP contribution in [0, 0.1) is 3.70 Å². The predicted molar refractivity (Wildman–Crippen MR) is 69.2 cm³/mol. The number of aromatic nitrogens is 1. The van der Waals surface area contributed by atoms with Gasteiger partial charge in [0.1, 0.15) is 9.39 Å². The van der Waals surface area contributed by atoms with Crippen molar-refractivity contribution in [3.05, 3.63) is 21.0 Å². The summed E-state index contributed by atoms with van der Waals surface area (Å²) in [6, 6.07) is 1.12. The van der Waals surface area contributed by atoms with Crippen LogP contribution in [-0.2, 0) is 10.6 Å². The molecule has 1 rings (SSSR count). The molecule has 0 N–H and O–H groups in total. The van der Waals surface area contributed by atoms with Gasteiger partial charge >= 0.3 is 12.3 Å². The maximum Gasteiger partial charge on any atom is 0.573 e. The first-order chi connectivity index (χ1) is 8.78. The van der Waals surface area contributed by atoms with Crippen LogP contribution in [-0.4, -0.2) is 23.9 Å². The van der Waals surface area contributed by atoms with Crippen LogP contribution in [0.3, 0.4) is 0 Å². The fraction of sp³-hybridized carbons (Fsp3) is 0.400. The number of hydrogen-bond acceptors (Lipinski definition) is 4. The van der Waals surface area contributed by atoms with Gasteiger partial charge in [-0.05, 0) is 35.6 Å². The number of carbonyl (C=O) groups is 1. The van der Waals surface area contributed by atoms with Crippen molar-refractivity contribution in [1.29, 1.82) is 0 Å². The summed E-state index contributed by atoms with van der Waals surface area (Å²) in [7, 11) is 0. The molecule has 0 aromatic carbocycles. The Morgan fingerprint density at radius 1 is 1.53 bits per heavy atom. The summed E-state index contributed by atoms with van der Waals surface area (Å²) in [6.07, 6.45) is -4.85. The Morgan fingerprint density at radius 3 is 2.63 bits per heavy atom. The van der Waals surface area contributed by atoms with Crippen molar-refractivity contribution in [2.45, 2.75) is 19.2 Å². The van der Waals surface area contributed by atoms with Gasteiger partial charge in [-0.3, -0.25) is 0 Å². The molecule has 0 amide bonds. The van der Waals surface area contributed by atoms with Gasteiger partial charge in [0, 0.05) is 5.56 Å². The quantitative estimate of drug-likeness (QED) is 0.331. The van der Waals surface area contributed by atoms with Crippen molar-refractivity contribution in [1.82, 2.24) is 4.98 Å². The number of halogens is 5. The first kappa shape index (κ1) is 16.3. The van der Waals surface area contributed by atoms with Crippen molar-refractivity contribution < 1.29 is 27.4 Å². The van der Waals surface area contributed by atoms with Crippen molar-refractivity contribution in [2.24, 2.45) is 0 Å². The molecule has 0 bridgehead atoms. The molecule has 0 spiro atoms. The Morgan fingerprint density at radius 2 is 2.16 bits per heavy atom. The molecule has 0 aliphatic carbocycles. The van der Waals surface area contributed by atoms with Gasteiger partial charge in [0.15, 0.2) is 5.75 Å². The molecule has 1 aromatic heterocycles. The number of alkyl halides is 4. The smallest absolute Gasteiger partial charge is 0.461 e. The summed E-state index contributed by atoms with van der Waals surface area (Å²) < 4.78 is 45.1. The second kappa shape index (κ2) is 6.60. The molecular weight excluding hydrogens is 401 g/mol. The molecule has 0 saturated heterocycles. The largest absolute Gasteiger partial charge is 0.573 e. The van der Waals surface area contributed by atoms with Crippen molar-refractivity contribution in [3.8, 4) is 5.75 Å². The second-order valence-electron chi connectivity index (χ2n) is 3.19. The van der Waals surface area contributed by atoms with Gasteiger partial charge in [-0.15, -0.1) is 24.8 Å². The molecule has 0 radical (unpaired) electrons. The van der Waals surface area contributed by atoms with Gasteiger partial charge in [-0.2, -0.15) is 0 Å². The van der Waals surface area contributed by atoms with E-state index in [1.165, 1.54) is 22.6 Å². The number of esters is 1. The summed E-state index contributed by atoms with van der Waals surface area (Å²) in [4.78, 5) is 15.2. The van der Waals surface area contributed by atoms with Crippen LogP contribution in [0.4, 0.5) is 13.2 Å². The predicted octanol–water partition coefficient (Wildman–Crippen LogP) is 3.50. The third-order valence-electron chi connectivity index (χ3n) is 1.85. The summed E-state index contributed by atoms with van der Waals surface area (Å²) in [5.41, 5.74) is -0.0992. The minimum atomic E-state index is -4.85. The van der Waals surface area contributed by atoms with Crippen LogP contribution in [0.5, 0.6) is 5.75 Å². The Kier molecular flexibility index (Phi) is 5.65. The zero-order valence-electron chi connectivity index (χ0n) is 9.55. The van der Waals surface area contributed by atoms with Crippen molar-refractivity contribution >= 4 is 40.2 Å². The number of carbonyl (C=O) groups excluding carboxylic acids is 1. The number of ether oxygens (including phenoxy) is 2. The van der Waals surface area contributed by atoms with E-state index in [1.54, 1.807) is 6.92 Å².